The number of nitrogens with zero attached hydrogens (tertiary/aromatic N) is 2. The van der Waals surface area contributed by atoms with Crippen molar-refractivity contribution in [3.63, 3.8) is 0 Å². The first kappa shape index (κ1) is 23.4. The Morgan fingerprint density at radius 1 is 1.15 bits per heavy atom. The van der Waals surface area contributed by atoms with Crippen LogP contribution in [0.2, 0.25) is 0 Å². The van der Waals surface area contributed by atoms with Crippen molar-refractivity contribution in [1.29, 1.82) is 0 Å². The highest BCUT2D eigenvalue weighted by atomic mass is 32.1. The monoisotopic (exact) mass is 479 g/mol. The van der Waals surface area contributed by atoms with E-state index in [4.69, 9.17) is 9.47 Å². The number of aromatic nitrogens is 1. The van der Waals surface area contributed by atoms with Crippen LogP contribution in [0.25, 0.3) is 11.3 Å². The number of nitrogens with one attached hydrogen (secondary N) is 1. The number of esters is 1. The van der Waals surface area contributed by atoms with E-state index in [2.05, 4.69) is 10.3 Å². The van der Waals surface area contributed by atoms with Gasteiger partial charge in [-0.2, -0.15) is 0 Å². The molecular weight excluding hydrogens is 454 g/mol. The van der Waals surface area contributed by atoms with E-state index in [1.807, 2.05) is 60.0 Å². The van der Waals surface area contributed by atoms with Gasteiger partial charge in [0.25, 0.3) is 5.91 Å². The van der Waals surface area contributed by atoms with Gasteiger partial charge in [0, 0.05) is 30.5 Å². The van der Waals surface area contributed by atoms with Crippen LogP contribution in [0.4, 0.5) is 5.13 Å². The molecule has 1 aliphatic heterocycles. The molecular formula is C25H25N3O5S. The molecule has 8 nitrogen and oxygen atoms in total. The van der Waals surface area contributed by atoms with E-state index >= 15 is 0 Å². The van der Waals surface area contributed by atoms with Gasteiger partial charge < -0.3 is 14.4 Å². The standard InChI is InChI=1S/C25H25N3O5S/c1-32-20-9-7-18(8-10-20)21-16-34-25(26-21)27-22(29)15-33-24(31)19-13-23(30)28(14-19)12-11-17-5-3-2-4-6-17/h2-10,16,19H,11-15H2,1H3,(H,26,27,29). The van der Waals surface area contributed by atoms with Crippen molar-refractivity contribution in [2.75, 3.05) is 32.1 Å². The van der Waals surface area contributed by atoms with E-state index in [0.29, 0.717) is 18.2 Å². The summed E-state index contributed by atoms with van der Waals surface area (Å²) in [5.74, 6) is -0.899. The minimum absolute atomic E-state index is 0.0730. The smallest absolute Gasteiger partial charge is 0.311 e. The normalized spacial score (nSPS) is 15.3. The van der Waals surface area contributed by atoms with Gasteiger partial charge in [-0.3, -0.25) is 19.7 Å². The average molecular weight is 480 g/mol. The van der Waals surface area contributed by atoms with Gasteiger partial charge in [-0.15, -0.1) is 11.3 Å². The molecule has 0 aliphatic carbocycles. The molecule has 1 unspecified atom stereocenters. The van der Waals surface area contributed by atoms with Crippen LogP contribution in [0.3, 0.4) is 0 Å². The molecule has 1 aromatic heterocycles. The second-order valence-electron chi connectivity index (χ2n) is 7.90. The summed E-state index contributed by atoms with van der Waals surface area (Å²) in [7, 11) is 1.60. The lowest BCUT2D eigenvalue weighted by molar-refractivity contribution is -0.151. The fourth-order valence-corrected chi connectivity index (χ4v) is 4.43. The number of carbonyl (C=O) groups excluding carboxylic acids is 3. The maximum atomic E-state index is 12.4. The molecule has 2 heterocycles. The third-order valence-electron chi connectivity index (χ3n) is 5.54. The maximum absolute atomic E-state index is 12.4. The summed E-state index contributed by atoms with van der Waals surface area (Å²) in [6.45, 7) is 0.433. The number of amides is 2. The van der Waals surface area contributed by atoms with Gasteiger partial charge in [-0.1, -0.05) is 30.3 Å². The van der Waals surface area contributed by atoms with E-state index in [1.54, 1.807) is 12.0 Å². The molecule has 0 bridgehead atoms. The number of benzene rings is 2. The number of methoxy groups -OCH3 is 1. The Morgan fingerprint density at radius 3 is 2.65 bits per heavy atom. The molecule has 1 fully saturated rings. The average Bonchev–Trinajstić information content (AvgIpc) is 3.48. The van der Waals surface area contributed by atoms with Crippen LogP contribution in [0.1, 0.15) is 12.0 Å². The topological polar surface area (TPSA) is 97.8 Å². The summed E-state index contributed by atoms with van der Waals surface area (Å²) in [4.78, 5) is 43.0. The van der Waals surface area contributed by atoms with Gasteiger partial charge in [-0.05, 0) is 36.2 Å². The van der Waals surface area contributed by atoms with Crippen molar-refractivity contribution in [3.8, 4) is 17.0 Å². The predicted molar refractivity (Wildman–Crippen MR) is 129 cm³/mol. The number of hydrogen-bond acceptors (Lipinski definition) is 7. The lowest BCUT2D eigenvalue weighted by Gasteiger charge is -2.16. The minimum Gasteiger partial charge on any atom is -0.497 e. The number of hydrogen-bond donors (Lipinski definition) is 1. The molecule has 4 rings (SSSR count). The van der Waals surface area contributed by atoms with Crippen molar-refractivity contribution in [1.82, 2.24) is 9.88 Å². The number of ether oxygens (including phenoxy) is 2. The number of thiazole rings is 1. The van der Waals surface area contributed by atoms with Crippen LogP contribution in [0.5, 0.6) is 5.75 Å². The summed E-state index contributed by atoms with van der Waals surface area (Å²) in [6, 6.07) is 17.3. The Hall–Kier alpha value is -3.72. The summed E-state index contributed by atoms with van der Waals surface area (Å²) >= 11 is 1.28. The van der Waals surface area contributed by atoms with Gasteiger partial charge in [0.1, 0.15) is 5.75 Å². The summed E-state index contributed by atoms with van der Waals surface area (Å²) in [5, 5.41) is 4.89. The molecule has 9 heteroatoms. The third-order valence-corrected chi connectivity index (χ3v) is 6.30. The predicted octanol–water partition coefficient (Wildman–Crippen LogP) is 3.39. The molecule has 34 heavy (non-hydrogen) atoms. The van der Waals surface area contributed by atoms with Crippen molar-refractivity contribution in [2.45, 2.75) is 12.8 Å². The zero-order valence-corrected chi connectivity index (χ0v) is 19.5. The second-order valence-corrected chi connectivity index (χ2v) is 8.76. The first-order chi connectivity index (χ1) is 16.5. The van der Waals surface area contributed by atoms with E-state index in [0.717, 1.165) is 29.0 Å². The molecule has 1 aliphatic rings. The largest absolute Gasteiger partial charge is 0.497 e. The fraction of sp³-hybridized carbons (Fsp3) is 0.280. The fourth-order valence-electron chi connectivity index (χ4n) is 3.69. The molecule has 3 aromatic rings. The van der Waals surface area contributed by atoms with Gasteiger partial charge in [0.15, 0.2) is 11.7 Å². The maximum Gasteiger partial charge on any atom is 0.311 e. The highest BCUT2D eigenvalue weighted by Crippen LogP contribution is 2.26. The zero-order valence-electron chi connectivity index (χ0n) is 18.7. The molecule has 1 saturated heterocycles. The van der Waals surface area contributed by atoms with Crippen LogP contribution >= 0.6 is 11.3 Å². The van der Waals surface area contributed by atoms with Crippen molar-refractivity contribution in [2.24, 2.45) is 5.92 Å². The van der Waals surface area contributed by atoms with Crippen LogP contribution in [0, 0.1) is 5.92 Å². The van der Waals surface area contributed by atoms with E-state index < -0.39 is 24.4 Å². The Morgan fingerprint density at radius 2 is 1.91 bits per heavy atom. The lowest BCUT2D eigenvalue weighted by atomic mass is 10.1. The van der Waals surface area contributed by atoms with Crippen molar-refractivity contribution in [3.05, 3.63) is 65.5 Å². The van der Waals surface area contributed by atoms with Crippen LogP contribution in [-0.4, -0.2) is 54.5 Å². The molecule has 1 N–H and O–H groups in total. The molecule has 1 atom stereocenters. The molecule has 0 radical (unpaired) electrons. The molecule has 2 amide bonds. The Kier molecular flexibility index (Phi) is 7.54. The molecule has 0 saturated carbocycles. The summed E-state index contributed by atoms with van der Waals surface area (Å²) < 4.78 is 10.3. The van der Waals surface area contributed by atoms with Gasteiger partial charge >= 0.3 is 5.97 Å². The Balaban J connectivity index is 1.22. The first-order valence-electron chi connectivity index (χ1n) is 10.9. The first-order valence-corrected chi connectivity index (χ1v) is 11.8. The Labute approximate surface area is 201 Å². The quantitative estimate of drug-likeness (QED) is 0.473. The molecule has 176 valence electrons. The zero-order chi connectivity index (χ0) is 23.9. The van der Waals surface area contributed by atoms with Crippen LogP contribution in [0.15, 0.2) is 60.0 Å². The highest BCUT2D eigenvalue weighted by molar-refractivity contribution is 7.14. The van der Waals surface area contributed by atoms with Crippen molar-refractivity contribution >= 4 is 34.3 Å². The summed E-state index contributed by atoms with van der Waals surface area (Å²) in [5.41, 5.74) is 2.75. The van der Waals surface area contributed by atoms with E-state index in [9.17, 15) is 14.4 Å². The number of rotatable bonds is 9. The van der Waals surface area contributed by atoms with E-state index in [-0.39, 0.29) is 12.3 Å². The Bertz CT molecular complexity index is 1150. The van der Waals surface area contributed by atoms with Crippen molar-refractivity contribution < 1.29 is 23.9 Å². The number of likely N-dealkylation sites (tertiary alicyclic amines) is 1. The SMILES string of the molecule is COc1ccc(-c2csc(NC(=O)COC(=O)C3CC(=O)N(CCc4ccccc4)C3)n2)cc1. The third kappa shape index (κ3) is 5.99. The molecule has 0 spiro atoms. The second kappa shape index (κ2) is 10.9. The number of anilines is 1. The highest BCUT2D eigenvalue weighted by Gasteiger charge is 2.35. The number of carbonyl (C=O) groups is 3. The van der Waals surface area contributed by atoms with Gasteiger partial charge in [0.05, 0.1) is 18.7 Å². The lowest BCUT2D eigenvalue weighted by Crippen LogP contribution is -2.29. The minimum atomic E-state index is -0.558. The summed E-state index contributed by atoms with van der Waals surface area (Å²) in [6.07, 6.45) is 0.829. The van der Waals surface area contributed by atoms with E-state index in [1.165, 1.54) is 11.3 Å². The van der Waals surface area contributed by atoms with Gasteiger partial charge in [-0.25, -0.2) is 4.98 Å². The van der Waals surface area contributed by atoms with Crippen LogP contribution < -0.4 is 10.1 Å². The van der Waals surface area contributed by atoms with Crippen LogP contribution in [-0.2, 0) is 25.5 Å². The van der Waals surface area contributed by atoms with Gasteiger partial charge in [0.2, 0.25) is 5.91 Å². The molecule has 2 aromatic carbocycles.